The minimum Gasteiger partial charge on any atom is -0.369 e. The molecule has 1 saturated heterocycles. The first-order valence-corrected chi connectivity index (χ1v) is 10.5. The van der Waals surface area contributed by atoms with E-state index in [9.17, 15) is 4.79 Å². The van der Waals surface area contributed by atoms with Crippen LogP contribution in [0.3, 0.4) is 0 Å². The first-order valence-electron chi connectivity index (χ1n) is 10.5. The van der Waals surface area contributed by atoms with Crippen LogP contribution in [-0.2, 0) is 13.5 Å². The highest BCUT2D eigenvalue weighted by molar-refractivity contribution is 5.98. The number of rotatable bonds is 5. The van der Waals surface area contributed by atoms with Gasteiger partial charge in [0.05, 0.1) is 23.8 Å². The molecule has 5 rings (SSSR count). The quantitative estimate of drug-likeness (QED) is 0.508. The van der Waals surface area contributed by atoms with Gasteiger partial charge >= 0.3 is 0 Å². The number of ketones is 1. The average Bonchev–Trinajstić information content (AvgIpc) is 3.25. The SMILES string of the molecule is Cn1cc(-c2ccc3nnc(CC(=O)c4cccc(N5CCNCC5)c4)cc3c2)cn1. The Hall–Kier alpha value is -3.58. The van der Waals surface area contributed by atoms with E-state index in [1.54, 1.807) is 4.68 Å². The second-order valence-electron chi connectivity index (χ2n) is 7.90. The van der Waals surface area contributed by atoms with Gasteiger partial charge in [-0.15, -0.1) is 0 Å². The summed E-state index contributed by atoms with van der Waals surface area (Å²) < 4.78 is 1.78. The standard InChI is InChI=1S/C24H24N6O/c1-29-16-20(15-26-29)17-5-6-23-19(11-17)12-21(27-28-23)14-24(31)18-3-2-4-22(13-18)30-9-7-25-8-10-30/h2-6,11-13,15-16,25H,7-10,14H2,1H3. The molecule has 1 aliphatic rings. The van der Waals surface area contributed by atoms with Gasteiger partial charge in [-0.2, -0.15) is 15.3 Å². The number of carbonyl (C=O) groups excluding carboxylic acids is 1. The normalized spacial score (nSPS) is 14.2. The molecule has 2 aromatic heterocycles. The molecule has 1 fully saturated rings. The Morgan fingerprint density at radius 2 is 1.90 bits per heavy atom. The predicted molar refractivity (Wildman–Crippen MR) is 121 cm³/mol. The van der Waals surface area contributed by atoms with E-state index in [0.29, 0.717) is 11.3 Å². The lowest BCUT2D eigenvalue weighted by Gasteiger charge is -2.29. The molecule has 0 unspecified atom stereocenters. The molecule has 1 aliphatic heterocycles. The van der Waals surface area contributed by atoms with Crippen molar-refractivity contribution < 1.29 is 4.79 Å². The van der Waals surface area contributed by atoms with Crippen LogP contribution in [0.1, 0.15) is 16.1 Å². The fourth-order valence-electron chi connectivity index (χ4n) is 3.99. The minimum atomic E-state index is 0.0500. The molecule has 0 bridgehead atoms. The van der Waals surface area contributed by atoms with Crippen LogP contribution in [-0.4, -0.2) is 51.9 Å². The van der Waals surface area contributed by atoms with E-state index in [0.717, 1.165) is 53.9 Å². The highest BCUT2D eigenvalue weighted by Crippen LogP contribution is 2.24. The number of nitrogens with zero attached hydrogens (tertiary/aromatic N) is 5. The number of piperazine rings is 1. The van der Waals surface area contributed by atoms with Crippen molar-refractivity contribution in [3.05, 3.63) is 72.2 Å². The Labute approximate surface area is 180 Å². The van der Waals surface area contributed by atoms with Crippen LogP contribution in [0.4, 0.5) is 5.69 Å². The van der Waals surface area contributed by atoms with Crippen molar-refractivity contribution in [2.75, 3.05) is 31.1 Å². The predicted octanol–water partition coefficient (Wildman–Crippen LogP) is 2.87. The Kier molecular flexibility index (Phi) is 5.18. The zero-order valence-corrected chi connectivity index (χ0v) is 17.5. The van der Waals surface area contributed by atoms with Gasteiger partial charge in [-0.25, -0.2) is 0 Å². The molecule has 3 heterocycles. The Balaban J connectivity index is 1.37. The van der Waals surface area contributed by atoms with E-state index in [1.165, 1.54) is 0 Å². The van der Waals surface area contributed by atoms with E-state index in [-0.39, 0.29) is 12.2 Å². The van der Waals surface area contributed by atoms with Crippen LogP contribution in [0.2, 0.25) is 0 Å². The highest BCUT2D eigenvalue weighted by atomic mass is 16.1. The topological polar surface area (TPSA) is 75.9 Å². The number of carbonyl (C=O) groups is 1. The molecule has 7 heteroatoms. The van der Waals surface area contributed by atoms with Crippen LogP contribution in [0.25, 0.3) is 22.0 Å². The van der Waals surface area contributed by atoms with E-state index in [2.05, 4.69) is 37.6 Å². The first-order chi connectivity index (χ1) is 15.2. The first kappa shape index (κ1) is 19.4. The van der Waals surface area contributed by atoms with E-state index >= 15 is 0 Å². The van der Waals surface area contributed by atoms with E-state index in [4.69, 9.17) is 0 Å². The number of aryl methyl sites for hydroxylation is 1. The average molecular weight is 412 g/mol. The summed E-state index contributed by atoms with van der Waals surface area (Å²) in [5.74, 6) is 0.0500. The van der Waals surface area contributed by atoms with Crippen LogP contribution in [0.15, 0.2) is 60.9 Å². The molecule has 0 radical (unpaired) electrons. The van der Waals surface area contributed by atoms with Crippen molar-refractivity contribution in [3.63, 3.8) is 0 Å². The summed E-state index contributed by atoms with van der Waals surface area (Å²) >= 11 is 0. The van der Waals surface area contributed by atoms with Gasteiger partial charge < -0.3 is 10.2 Å². The van der Waals surface area contributed by atoms with Crippen molar-refractivity contribution in [1.82, 2.24) is 25.3 Å². The number of Topliss-reactive ketones (excluding diaryl/α,β-unsaturated/α-hetero) is 1. The second-order valence-corrected chi connectivity index (χ2v) is 7.90. The smallest absolute Gasteiger partial charge is 0.168 e. The molecule has 2 aromatic carbocycles. The Morgan fingerprint density at radius 1 is 1.03 bits per heavy atom. The zero-order chi connectivity index (χ0) is 21.2. The number of anilines is 1. The molecular weight excluding hydrogens is 388 g/mol. The number of fused-ring (bicyclic) bond motifs is 1. The molecule has 1 N–H and O–H groups in total. The molecule has 0 saturated carbocycles. The number of hydrogen-bond acceptors (Lipinski definition) is 6. The number of nitrogens with one attached hydrogen (secondary N) is 1. The molecule has 0 spiro atoms. The van der Waals surface area contributed by atoms with Crippen LogP contribution in [0.5, 0.6) is 0 Å². The molecule has 7 nitrogen and oxygen atoms in total. The third-order valence-electron chi connectivity index (χ3n) is 5.67. The van der Waals surface area contributed by atoms with Gasteiger partial charge in [0, 0.05) is 61.6 Å². The maximum absolute atomic E-state index is 13.0. The van der Waals surface area contributed by atoms with Gasteiger partial charge in [-0.1, -0.05) is 18.2 Å². The van der Waals surface area contributed by atoms with Gasteiger partial charge in [0.15, 0.2) is 5.78 Å². The summed E-state index contributed by atoms with van der Waals surface area (Å²) in [6, 6.07) is 15.9. The van der Waals surface area contributed by atoms with E-state index < -0.39 is 0 Å². The lowest BCUT2D eigenvalue weighted by Crippen LogP contribution is -2.43. The third-order valence-corrected chi connectivity index (χ3v) is 5.67. The number of hydrogen-bond donors (Lipinski definition) is 1. The summed E-state index contributed by atoms with van der Waals surface area (Å²) in [5.41, 5.74) is 5.40. The zero-order valence-electron chi connectivity index (χ0n) is 17.5. The van der Waals surface area contributed by atoms with Crippen molar-refractivity contribution in [2.24, 2.45) is 7.05 Å². The van der Waals surface area contributed by atoms with Gasteiger partial charge in [0.2, 0.25) is 0 Å². The second kappa shape index (κ2) is 8.28. The largest absolute Gasteiger partial charge is 0.369 e. The molecule has 4 aromatic rings. The number of benzene rings is 2. The summed E-state index contributed by atoms with van der Waals surface area (Å²) in [4.78, 5) is 15.3. The van der Waals surface area contributed by atoms with Gasteiger partial charge in [-0.3, -0.25) is 9.48 Å². The lowest BCUT2D eigenvalue weighted by atomic mass is 10.0. The number of aromatic nitrogens is 4. The van der Waals surface area contributed by atoms with Crippen molar-refractivity contribution in [1.29, 1.82) is 0 Å². The molecule has 0 atom stereocenters. The lowest BCUT2D eigenvalue weighted by molar-refractivity contribution is 0.0991. The van der Waals surface area contributed by atoms with Crippen LogP contribution in [0, 0.1) is 0 Å². The maximum Gasteiger partial charge on any atom is 0.168 e. The molecule has 31 heavy (non-hydrogen) atoms. The van der Waals surface area contributed by atoms with Crippen molar-refractivity contribution in [2.45, 2.75) is 6.42 Å². The fraction of sp³-hybridized carbons (Fsp3) is 0.250. The molecule has 156 valence electrons. The van der Waals surface area contributed by atoms with Crippen LogP contribution >= 0.6 is 0 Å². The highest BCUT2D eigenvalue weighted by Gasteiger charge is 2.14. The van der Waals surface area contributed by atoms with Crippen molar-refractivity contribution in [3.8, 4) is 11.1 Å². The summed E-state index contributed by atoms with van der Waals surface area (Å²) in [6.45, 7) is 3.83. The van der Waals surface area contributed by atoms with Gasteiger partial charge in [0.25, 0.3) is 0 Å². The Bertz CT molecular complexity index is 1240. The van der Waals surface area contributed by atoms with Gasteiger partial charge in [-0.05, 0) is 35.9 Å². The third kappa shape index (κ3) is 4.18. The maximum atomic E-state index is 13.0. The van der Waals surface area contributed by atoms with Crippen LogP contribution < -0.4 is 10.2 Å². The summed E-state index contributed by atoms with van der Waals surface area (Å²) in [5, 5.41) is 17.2. The van der Waals surface area contributed by atoms with Crippen molar-refractivity contribution >= 4 is 22.4 Å². The molecule has 0 amide bonds. The molecular formula is C24H24N6O. The van der Waals surface area contributed by atoms with E-state index in [1.807, 2.05) is 55.8 Å². The summed E-state index contributed by atoms with van der Waals surface area (Å²) in [7, 11) is 1.90. The van der Waals surface area contributed by atoms with Gasteiger partial charge in [0.1, 0.15) is 0 Å². The fourth-order valence-corrected chi connectivity index (χ4v) is 3.99. The Morgan fingerprint density at radius 3 is 2.71 bits per heavy atom. The molecule has 0 aliphatic carbocycles. The summed E-state index contributed by atoms with van der Waals surface area (Å²) in [6.07, 6.45) is 4.04. The minimum absolute atomic E-state index is 0.0500. The monoisotopic (exact) mass is 412 g/mol.